The Kier molecular flexibility index (Phi) is 5.50. The summed E-state index contributed by atoms with van der Waals surface area (Å²) in [5, 5.41) is 13.5. The minimum Gasteiger partial charge on any atom is -0.333 e. The highest BCUT2D eigenvalue weighted by Crippen LogP contribution is 2.36. The second-order valence-corrected chi connectivity index (χ2v) is 8.63. The molecule has 3 aromatic heterocycles. The van der Waals surface area contributed by atoms with Gasteiger partial charge in [-0.2, -0.15) is 11.3 Å². The number of carbonyl (C=O) groups excluding carboxylic acids is 2. The molecule has 32 heavy (non-hydrogen) atoms. The molecular weight excluding hydrogens is 428 g/mol. The number of urea groups is 1. The van der Waals surface area contributed by atoms with Crippen molar-refractivity contribution in [3.05, 3.63) is 40.7 Å². The van der Waals surface area contributed by atoms with Gasteiger partial charge in [0, 0.05) is 48.4 Å². The molecule has 2 aliphatic heterocycles. The third-order valence-electron chi connectivity index (χ3n) is 5.92. The highest BCUT2D eigenvalue weighted by molar-refractivity contribution is 7.08. The Hall–Kier alpha value is -3.44. The topological polar surface area (TPSA) is 129 Å². The van der Waals surface area contributed by atoms with E-state index in [1.807, 2.05) is 39.6 Å². The molecule has 1 fully saturated rings. The van der Waals surface area contributed by atoms with E-state index >= 15 is 0 Å². The zero-order valence-corrected chi connectivity index (χ0v) is 18.1. The van der Waals surface area contributed by atoms with Crippen molar-refractivity contribution in [1.82, 2.24) is 20.2 Å². The molecule has 5 rings (SSSR count). The van der Waals surface area contributed by atoms with Gasteiger partial charge in [-0.15, -0.1) is 0 Å². The van der Waals surface area contributed by atoms with E-state index in [1.54, 1.807) is 11.3 Å². The monoisotopic (exact) mass is 450 g/mol. The molecule has 10 nitrogen and oxygen atoms in total. The van der Waals surface area contributed by atoms with Gasteiger partial charge in [0.1, 0.15) is 5.52 Å². The Balaban J connectivity index is 1.47. The molecule has 2 aliphatic rings. The molecule has 0 spiro atoms. The first kappa shape index (κ1) is 20.5. The summed E-state index contributed by atoms with van der Waals surface area (Å²) in [5.41, 5.74) is 5.20. The Morgan fingerprint density at radius 2 is 2.12 bits per heavy atom. The van der Waals surface area contributed by atoms with E-state index in [2.05, 4.69) is 26.0 Å². The first-order valence-electron chi connectivity index (χ1n) is 10.4. The van der Waals surface area contributed by atoms with Crippen molar-refractivity contribution in [2.45, 2.75) is 25.4 Å². The van der Waals surface area contributed by atoms with E-state index in [1.165, 1.54) is 0 Å². The van der Waals surface area contributed by atoms with Crippen molar-refractivity contribution in [3.8, 4) is 11.3 Å². The van der Waals surface area contributed by atoms with E-state index in [0.29, 0.717) is 19.6 Å². The largest absolute Gasteiger partial charge is 0.333 e. The maximum atomic E-state index is 13.0. The van der Waals surface area contributed by atoms with Crippen molar-refractivity contribution in [1.29, 1.82) is 0 Å². The number of aromatic nitrogens is 2. The lowest BCUT2D eigenvalue weighted by atomic mass is 9.99. The number of amides is 3. The van der Waals surface area contributed by atoms with Gasteiger partial charge in [0.25, 0.3) is 5.91 Å². The van der Waals surface area contributed by atoms with Crippen molar-refractivity contribution >= 4 is 40.0 Å². The number of pyridine rings is 2. The van der Waals surface area contributed by atoms with Gasteiger partial charge in [-0.1, -0.05) is 10.3 Å². The van der Waals surface area contributed by atoms with Gasteiger partial charge in [0.05, 0.1) is 23.4 Å². The molecule has 0 aliphatic carbocycles. The summed E-state index contributed by atoms with van der Waals surface area (Å²) in [5.74, 6) is 4.59. The lowest BCUT2D eigenvalue weighted by molar-refractivity contribution is -0.119. The highest BCUT2D eigenvalue weighted by atomic mass is 32.1. The van der Waals surface area contributed by atoms with E-state index in [0.717, 1.165) is 46.4 Å². The molecule has 11 heteroatoms. The molecule has 0 aromatic carbocycles. The second kappa shape index (κ2) is 8.60. The Morgan fingerprint density at radius 1 is 1.28 bits per heavy atom. The summed E-state index contributed by atoms with van der Waals surface area (Å²) in [7, 11) is 0. The van der Waals surface area contributed by atoms with Gasteiger partial charge in [-0.05, 0) is 36.4 Å². The third kappa shape index (κ3) is 3.80. The maximum absolute atomic E-state index is 13.0. The van der Waals surface area contributed by atoms with Gasteiger partial charge in [-0.3, -0.25) is 19.6 Å². The smallest absolute Gasteiger partial charge is 0.322 e. The number of anilines is 1. The van der Waals surface area contributed by atoms with Gasteiger partial charge in [0.15, 0.2) is 0 Å². The number of likely N-dealkylation sites (tertiary alicyclic amines) is 1. The van der Waals surface area contributed by atoms with Crippen LogP contribution in [-0.2, 0) is 11.3 Å². The number of thiophene rings is 1. The van der Waals surface area contributed by atoms with Crippen molar-refractivity contribution in [3.63, 3.8) is 0 Å². The molecule has 0 saturated carbocycles. The molecule has 0 unspecified atom stereocenters. The Labute approximate surface area is 188 Å². The highest BCUT2D eigenvalue weighted by Gasteiger charge is 2.35. The fourth-order valence-corrected chi connectivity index (χ4v) is 5.04. The quantitative estimate of drug-likeness (QED) is 0.357. The minimum absolute atomic E-state index is 0.00580. The van der Waals surface area contributed by atoms with Crippen LogP contribution < -0.4 is 16.1 Å². The van der Waals surface area contributed by atoms with Crippen LogP contribution >= 0.6 is 11.3 Å². The van der Waals surface area contributed by atoms with Crippen LogP contribution in [0.15, 0.2) is 45.5 Å². The number of hydrogen-bond donors (Lipinski definition) is 2. The summed E-state index contributed by atoms with van der Waals surface area (Å²) in [4.78, 5) is 38.1. The standard InChI is InChI=1S/C21H22N8O2S/c22-27-26-18(30)11-28-6-3-15(4-7-28)29-20-14(10-24-21(29)31)9-23-17-2-1-16(25-19(17)20)13-5-8-32-12-13/h1-2,5,8-9,12,15H,3-4,6-7,10-11H2,(H,24,31)(H2,22,26,30). The first-order chi connectivity index (χ1) is 15.6. The van der Waals surface area contributed by atoms with Gasteiger partial charge in [0.2, 0.25) is 0 Å². The third-order valence-corrected chi connectivity index (χ3v) is 6.60. The number of piperidine rings is 1. The van der Waals surface area contributed by atoms with Crippen LogP contribution in [0, 0.1) is 0 Å². The summed E-state index contributed by atoms with van der Waals surface area (Å²) < 4.78 is 0. The van der Waals surface area contributed by atoms with Crippen LogP contribution in [0.3, 0.4) is 0 Å². The minimum atomic E-state index is -0.366. The SMILES string of the molecule is NN=NC(=O)CN1CCC(N2C(=O)NCc3cnc4ccc(-c5ccsc5)nc4c32)CC1. The van der Waals surface area contributed by atoms with Crippen LogP contribution in [0.1, 0.15) is 18.4 Å². The van der Waals surface area contributed by atoms with Crippen LogP contribution in [0.25, 0.3) is 22.3 Å². The first-order valence-corrected chi connectivity index (χ1v) is 11.3. The number of nitrogens with two attached hydrogens (primary N) is 1. The molecule has 164 valence electrons. The van der Waals surface area contributed by atoms with Crippen LogP contribution in [0.5, 0.6) is 0 Å². The fraction of sp³-hybridized carbons (Fsp3) is 0.333. The summed E-state index contributed by atoms with van der Waals surface area (Å²) >= 11 is 1.62. The van der Waals surface area contributed by atoms with Crippen LogP contribution in [0.4, 0.5) is 10.5 Å². The van der Waals surface area contributed by atoms with Gasteiger partial charge in [-0.25, -0.2) is 9.78 Å². The lowest BCUT2D eigenvalue weighted by Crippen LogP contribution is -2.53. The van der Waals surface area contributed by atoms with E-state index in [4.69, 9.17) is 10.8 Å². The second-order valence-electron chi connectivity index (χ2n) is 7.85. The van der Waals surface area contributed by atoms with Gasteiger partial charge >= 0.3 is 6.03 Å². The molecule has 0 atom stereocenters. The van der Waals surface area contributed by atoms with Gasteiger partial charge < -0.3 is 11.2 Å². The molecule has 1 saturated heterocycles. The van der Waals surface area contributed by atoms with Crippen molar-refractivity contribution < 1.29 is 9.59 Å². The average Bonchev–Trinajstić information content (AvgIpc) is 3.34. The molecule has 3 N–H and O–H groups in total. The number of nitrogens with zero attached hydrogens (tertiary/aromatic N) is 6. The molecule has 0 radical (unpaired) electrons. The van der Waals surface area contributed by atoms with E-state index < -0.39 is 0 Å². The predicted octanol–water partition coefficient (Wildman–Crippen LogP) is 2.70. The van der Waals surface area contributed by atoms with E-state index in [9.17, 15) is 9.59 Å². The van der Waals surface area contributed by atoms with Crippen molar-refractivity contribution in [2.75, 3.05) is 24.5 Å². The fourth-order valence-electron chi connectivity index (χ4n) is 4.39. The number of nitrogens with one attached hydrogen (secondary N) is 1. The zero-order valence-electron chi connectivity index (χ0n) is 17.3. The zero-order chi connectivity index (χ0) is 22.1. The maximum Gasteiger partial charge on any atom is 0.322 e. The average molecular weight is 451 g/mol. The van der Waals surface area contributed by atoms with Crippen LogP contribution in [0.2, 0.25) is 0 Å². The lowest BCUT2D eigenvalue weighted by Gasteiger charge is -2.40. The summed E-state index contributed by atoms with van der Waals surface area (Å²) in [6, 6.07) is 5.83. The molecular formula is C21H22N8O2S. The summed E-state index contributed by atoms with van der Waals surface area (Å²) in [6.07, 6.45) is 3.28. The molecule has 3 aromatic rings. The number of carbonyl (C=O) groups is 2. The molecule has 3 amide bonds. The number of fused-ring (bicyclic) bond motifs is 3. The molecule has 5 heterocycles. The predicted molar refractivity (Wildman–Crippen MR) is 121 cm³/mol. The summed E-state index contributed by atoms with van der Waals surface area (Å²) in [6.45, 7) is 1.95. The Bertz CT molecular complexity index is 1190. The number of hydrogen-bond acceptors (Lipinski definition) is 7. The normalized spacial score (nSPS) is 17.6. The molecule has 0 bridgehead atoms. The van der Waals surface area contributed by atoms with Crippen LogP contribution in [-0.4, -0.2) is 52.5 Å². The van der Waals surface area contributed by atoms with E-state index in [-0.39, 0.29) is 24.5 Å². The van der Waals surface area contributed by atoms with Crippen molar-refractivity contribution in [2.24, 2.45) is 16.2 Å². The number of rotatable bonds is 4. The Morgan fingerprint density at radius 3 is 2.88 bits per heavy atom.